The minimum atomic E-state index is -1.78. The second-order valence-electron chi connectivity index (χ2n) is 9.16. The van der Waals surface area contributed by atoms with Gasteiger partial charge in [0.2, 0.25) is 0 Å². The smallest absolute Gasteiger partial charge is 0.192 e. The average Bonchev–Trinajstić information content (AvgIpc) is 2.57. The number of thioether (sulfide) groups is 1. The summed E-state index contributed by atoms with van der Waals surface area (Å²) in [6.45, 7) is 14.5. The lowest BCUT2D eigenvalue weighted by atomic mass is 9.73. The first-order valence-corrected chi connectivity index (χ1v) is 13.5. The standard InChI is InChI=1S/C22H34O2SSi/c1-21(2,3)26(5,6)24-17-22(4)14-12-19(23)16-18(22)13-15-25-20-10-8-7-9-11-20/h7-11,16H,12-15,17H2,1-6H3/t22-/m0/s1. The Labute approximate surface area is 164 Å². The average molecular weight is 391 g/mol. The topological polar surface area (TPSA) is 26.3 Å². The highest BCUT2D eigenvalue weighted by molar-refractivity contribution is 7.99. The summed E-state index contributed by atoms with van der Waals surface area (Å²) in [5.41, 5.74) is 1.26. The Hall–Kier alpha value is -0.843. The zero-order chi connectivity index (χ0) is 19.4. The van der Waals surface area contributed by atoms with E-state index in [1.54, 1.807) is 0 Å². The van der Waals surface area contributed by atoms with Crippen LogP contribution in [0, 0.1) is 5.41 Å². The van der Waals surface area contributed by atoms with Crippen molar-refractivity contribution >= 4 is 25.9 Å². The third-order valence-electron chi connectivity index (χ3n) is 5.97. The number of hydrogen-bond acceptors (Lipinski definition) is 3. The van der Waals surface area contributed by atoms with Gasteiger partial charge in [0.1, 0.15) is 0 Å². The van der Waals surface area contributed by atoms with Gasteiger partial charge in [0.15, 0.2) is 14.1 Å². The van der Waals surface area contributed by atoms with E-state index < -0.39 is 8.32 Å². The summed E-state index contributed by atoms with van der Waals surface area (Å²) in [6.07, 6.45) is 4.40. The Morgan fingerprint density at radius 2 is 1.85 bits per heavy atom. The molecule has 0 saturated heterocycles. The molecule has 0 radical (unpaired) electrons. The predicted molar refractivity (Wildman–Crippen MR) is 115 cm³/mol. The van der Waals surface area contributed by atoms with Crippen LogP contribution in [0.2, 0.25) is 18.1 Å². The van der Waals surface area contributed by atoms with Crippen LogP contribution in [0.5, 0.6) is 0 Å². The fraction of sp³-hybridized carbons (Fsp3) is 0.591. The van der Waals surface area contributed by atoms with Crippen LogP contribution in [-0.2, 0) is 9.22 Å². The first-order chi connectivity index (χ1) is 12.0. The van der Waals surface area contributed by atoms with Gasteiger partial charge >= 0.3 is 0 Å². The number of rotatable bonds is 7. The fourth-order valence-electron chi connectivity index (χ4n) is 2.89. The summed E-state index contributed by atoms with van der Waals surface area (Å²) >= 11 is 1.86. The van der Waals surface area contributed by atoms with Gasteiger partial charge in [-0.25, -0.2) is 0 Å². The van der Waals surface area contributed by atoms with Gasteiger partial charge in [-0.15, -0.1) is 11.8 Å². The molecule has 0 amide bonds. The largest absolute Gasteiger partial charge is 0.416 e. The molecule has 1 aromatic carbocycles. The Morgan fingerprint density at radius 1 is 1.19 bits per heavy atom. The van der Waals surface area contributed by atoms with Crippen LogP contribution < -0.4 is 0 Å². The number of allylic oxidation sites excluding steroid dienone is 1. The van der Waals surface area contributed by atoms with E-state index in [9.17, 15) is 4.79 Å². The van der Waals surface area contributed by atoms with Crippen molar-refractivity contribution in [2.75, 3.05) is 12.4 Å². The third-order valence-corrected chi connectivity index (χ3v) is 11.5. The normalized spacial score (nSPS) is 21.6. The van der Waals surface area contributed by atoms with Gasteiger partial charge in [0, 0.05) is 29.1 Å². The van der Waals surface area contributed by atoms with Crippen molar-refractivity contribution < 1.29 is 9.22 Å². The molecule has 1 atom stereocenters. The van der Waals surface area contributed by atoms with Crippen LogP contribution in [0.1, 0.15) is 47.0 Å². The van der Waals surface area contributed by atoms with Crippen LogP contribution in [-0.4, -0.2) is 26.5 Å². The summed E-state index contributed by atoms with van der Waals surface area (Å²) in [4.78, 5) is 13.3. The van der Waals surface area contributed by atoms with Crippen LogP contribution in [0.3, 0.4) is 0 Å². The number of ketones is 1. The van der Waals surface area contributed by atoms with Gasteiger partial charge in [-0.1, -0.05) is 51.5 Å². The van der Waals surface area contributed by atoms with Gasteiger partial charge in [-0.2, -0.15) is 0 Å². The summed E-state index contributed by atoms with van der Waals surface area (Å²) in [5, 5.41) is 0.209. The van der Waals surface area contributed by atoms with Gasteiger partial charge in [-0.3, -0.25) is 4.79 Å². The second kappa shape index (κ2) is 8.45. The minimum absolute atomic E-state index is 0.0132. The maximum Gasteiger partial charge on any atom is 0.192 e. The monoisotopic (exact) mass is 390 g/mol. The zero-order valence-corrected chi connectivity index (χ0v) is 19.0. The molecule has 0 bridgehead atoms. The van der Waals surface area contributed by atoms with Gasteiger partial charge in [-0.05, 0) is 49.2 Å². The molecular formula is C22H34O2SSi. The summed E-state index contributed by atoms with van der Waals surface area (Å²) in [7, 11) is -1.78. The number of carbonyl (C=O) groups is 1. The SMILES string of the molecule is CC(C)(C)[Si](C)(C)OC[C@]1(C)CCC(=O)C=C1CCSc1ccccc1. The number of carbonyl (C=O) groups excluding carboxylic acids is 1. The minimum Gasteiger partial charge on any atom is -0.416 e. The van der Waals surface area contributed by atoms with Crippen molar-refractivity contribution in [3.63, 3.8) is 0 Å². The molecule has 0 heterocycles. The lowest BCUT2D eigenvalue weighted by Gasteiger charge is -2.42. The highest BCUT2D eigenvalue weighted by Gasteiger charge is 2.41. The molecule has 144 valence electrons. The quantitative estimate of drug-likeness (QED) is 0.393. The Kier molecular flexibility index (Phi) is 6.97. The molecule has 2 nitrogen and oxygen atoms in total. The molecular weight excluding hydrogens is 356 g/mol. The van der Waals surface area contributed by atoms with E-state index in [4.69, 9.17) is 4.43 Å². The molecule has 0 N–H and O–H groups in total. The summed E-state index contributed by atoms with van der Waals surface area (Å²) in [5.74, 6) is 1.27. The molecule has 0 unspecified atom stereocenters. The van der Waals surface area contributed by atoms with E-state index >= 15 is 0 Å². The summed E-state index contributed by atoms with van der Waals surface area (Å²) < 4.78 is 6.55. The van der Waals surface area contributed by atoms with Gasteiger partial charge in [0.05, 0.1) is 0 Å². The zero-order valence-electron chi connectivity index (χ0n) is 17.2. The van der Waals surface area contributed by atoms with Crippen molar-refractivity contribution in [1.29, 1.82) is 0 Å². The number of benzene rings is 1. The lowest BCUT2D eigenvalue weighted by molar-refractivity contribution is -0.115. The van der Waals surface area contributed by atoms with Crippen LogP contribution in [0.25, 0.3) is 0 Å². The molecule has 1 aliphatic carbocycles. The van der Waals surface area contributed by atoms with Crippen molar-refractivity contribution in [2.24, 2.45) is 5.41 Å². The van der Waals surface area contributed by atoms with Crippen LogP contribution in [0.15, 0.2) is 46.9 Å². The molecule has 4 heteroatoms. The number of hydrogen-bond donors (Lipinski definition) is 0. The Morgan fingerprint density at radius 3 is 2.46 bits per heavy atom. The van der Waals surface area contributed by atoms with Crippen LogP contribution >= 0.6 is 11.8 Å². The Bertz CT molecular complexity index is 646. The maximum atomic E-state index is 12.0. The van der Waals surface area contributed by atoms with E-state index in [0.717, 1.165) is 25.2 Å². The fourth-order valence-corrected chi connectivity index (χ4v) is 4.91. The first-order valence-electron chi connectivity index (χ1n) is 9.59. The van der Waals surface area contributed by atoms with Gasteiger partial charge < -0.3 is 4.43 Å². The van der Waals surface area contributed by atoms with E-state index in [1.807, 2.05) is 23.9 Å². The molecule has 1 aromatic rings. The van der Waals surface area contributed by atoms with Crippen LogP contribution in [0.4, 0.5) is 0 Å². The molecule has 0 saturated carbocycles. The molecule has 0 aliphatic heterocycles. The first kappa shape index (κ1) is 21.5. The van der Waals surface area contributed by atoms with E-state index in [2.05, 4.69) is 65.1 Å². The predicted octanol–water partition coefficient (Wildman–Crippen LogP) is 6.49. The van der Waals surface area contributed by atoms with E-state index in [-0.39, 0.29) is 16.2 Å². The van der Waals surface area contributed by atoms with Gasteiger partial charge in [0.25, 0.3) is 0 Å². The summed E-state index contributed by atoms with van der Waals surface area (Å²) in [6, 6.07) is 10.5. The van der Waals surface area contributed by atoms with Crippen molar-refractivity contribution in [2.45, 2.75) is 70.0 Å². The maximum absolute atomic E-state index is 12.0. The van der Waals surface area contributed by atoms with Crippen molar-refractivity contribution in [3.05, 3.63) is 42.0 Å². The molecule has 0 fully saturated rings. The van der Waals surface area contributed by atoms with E-state index in [1.165, 1.54) is 10.5 Å². The highest BCUT2D eigenvalue weighted by atomic mass is 32.2. The second-order valence-corrected chi connectivity index (χ2v) is 15.1. The highest BCUT2D eigenvalue weighted by Crippen LogP contribution is 2.43. The van der Waals surface area contributed by atoms with Crippen molar-refractivity contribution in [3.8, 4) is 0 Å². The van der Waals surface area contributed by atoms with Crippen molar-refractivity contribution in [1.82, 2.24) is 0 Å². The van der Waals surface area contributed by atoms with E-state index in [0.29, 0.717) is 6.42 Å². The molecule has 2 rings (SSSR count). The lowest BCUT2D eigenvalue weighted by Crippen LogP contribution is -2.44. The third kappa shape index (κ3) is 5.58. The molecule has 26 heavy (non-hydrogen) atoms. The Balaban J connectivity index is 2.02. The molecule has 1 aliphatic rings. The molecule has 0 aromatic heterocycles. The molecule has 0 spiro atoms.